The number of carbonyl (C=O) groups excluding carboxylic acids is 2. The first kappa shape index (κ1) is 16.2. The van der Waals surface area contributed by atoms with Crippen LogP contribution in [0.3, 0.4) is 0 Å². The van der Waals surface area contributed by atoms with Gasteiger partial charge in [-0.25, -0.2) is 4.79 Å². The summed E-state index contributed by atoms with van der Waals surface area (Å²) < 4.78 is 9.97. The molecule has 0 spiro atoms. The van der Waals surface area contributed by atoms with E-state index in [-0.39, 0.29) is 12.3 Å². The van der Waals surface area contributed by atoms with Gasteiger partial charge in [-0.1, -0.05) is 26.0 Å². The van der Waals surface area contributed by atoms with Crippen LogP contribution in [0.2, 0.25) is 0 Å². The van der Waals surface area contributed by atoms with Crippen LogP contribution in [0.5, 0.6) is 5.75 Å². The number of benzene rings is 1. The second-order valence-corrected chi connectivity index (χ2v) is 5.12. The van der Waals surface area contributed by atoms with Crippen LogP contribution in [-0.4, -0.2) is 25.5 Å². The highest BCUT2D eigenvalue weighted by Crippen LogP contribution is 2.13. The van der Waals surface area contributed by atoms with Crippen molar-refractivity contribution in [3.8, 4) is 5.75 Å². The topological polar surface area (TPSA) is 52.6 Å². The number of ether oxygens (including phenoxy) is 2. The predicted octanol–water partition coefficient (Wildman–Crippen LogP) is 2.79. The minimum Gasteiger partial charge on any atom is -0.497 e. The van der Waals surface area contributed by atoms with Gasteiger partial charge in [0.25, 0.3) is 0 Å². The number of hydrogen-bond donors (Lipinski definition) is 0. The molecule has 0 aliphatic carbocycles. The average Bonchev–Trinajstić information content (AvgIpc) is 2.45. The second kappa shape index (κ2) is 8.35. The van der Waals surface area contributed by atoms with Crippen molar-refractivity contribution >= 4 is 11.8 Å². The summed E-state index contributed by atoms with van der Waals surface area (Å²) in [5.41, 5.74) is 1.12. The maximum Gasteiger partial charge on any atom is 0.374 e. The molecule has 0 amide bonds. The van der Waals surface area contributed by atoms with E-state index in [2.05, 4.69) is 0 Å². The Balaban J connectivity index is 2.28. The molecule has 1 aromatic carbocycles. The van der Waals surface area contributed by atoms with Gasteiger partial charge in [0.1, 0.15) is 5.75 Å². The first-order valence-electron chi connectivity index (χ1n) is 6.85. The van der Waals surface area contributed by atoms with Gasteiger partial charge in [0, 0.05) is 6.42 Å². The Hall–Kier alpha value is -1.84. The van der Waals surface area contributed by atoms with Crippen LogP contribution < -0.4 is 4.74 Å². The van der Waals surface area contributed by atoms with Crippen LogP contribution in [0.1, 0.15) is 32.3 Å². The van der Waals surface area contributed by atoms with Gasteiger partial charge in [0.2, 0.25) is 5.78 Å². The monoisotopic (exact) mass is 278 g/mol. The Morgan fingerprint density at radius 3 is 2.35 bits per heavy atom. The van der Waals surface area contributed by atoms with Crippen LogP contribution in [0.4, 0.5) is 0 Å². The molecule has 0 aliphatic heterocycles. The van der Waals surface area contributed by atoms with Gasteiger partial charge in [-0.05, 0) is 36.5 Å². The Morgan fingerprint density at radius 1 is 1.15 bits per heavy atom. The summed E-state index contributed by atoms with van der Waals surface area (Å²) in [6.07, 6.45) is 1.62. The molecule has 20 heavy (non-hydrogen) atoms. The summed E-state index contributed by atoms with van der Waals surface area (Å²) in [7, 11) is 1.62. The SMILES string of the molecule is COc1ccc(CCCC(=O)C(=O)OCC(C)C)cc1. The standard InChI is InChI=1S/C16H22O4/c1-12(2)11-20-16(18)15(17)6-4-5-13-7-9-14(19-3)10-8-13/h7-10,12H,4-6,11H2,1-3H3. The summed E-state index contributed by atoms with van der Waals surface area (Å²) in [5.74, 6) is -0.110. The normalized spacial score (nSPS) is 10.4. The first-order valence-corrected chi connectivity index (χ1v) is 6.85. The zero-order valence-electron chi connectivity index (χ0n) is 12.3. The van der Waals surface area contributed by atoms with E-state index >= 15 is 0 Å². The largest absolute Gasteiger partial charge is 0.497 e. The van der Waals surface area contributed by atoms with Crippen molar-refractivity contribution in [3.63, 3.8) is 0 Å². The number of ketones is 1. The number of hydrogen-bond acceptors (Lipinski definition) is 4. The van der Waals surface area contributed by atoms with Crippen molar-refractivity contribution in [2.24, 2.45) is 5.92 Å². The fourth-order valence-corrected chi connectivity index (χ4v) is 1.67. The van der Waals surface area contributed by atoms with Gasteiger partial charge in [0.05, 0.1) is 13.7 Å². The molecule has 4 heteroatoms. The van der Waals surface area contributed by atoms with Crippen molar-refractivity contribution in [2.75, 3.05) is 13.7 Å². The fourth-order valence-electron chi connectivity index (χ4n) is 1.67. The van der Waals surface area contributed by atoms with Crippen LogP contribution >= 0.6 is 0 Å². The van der Waals surface area contributed by atoms with Crippen LogP contribution in [-0.2, 0) is 20.7 Å². The van der Waals surface area contributed by atoms with E-state index < -0.39 is 11.8 Å². The molecule has 0 radical (unpaired) electrons. The van der Waals surface area contributed by atoms with Gasteiger partial charge in [-0.2, -0.15) is 0 Å². The third-order valence-electron chi connectivity index (χ3n) is 2.80. The van der Waals surface area contributed by atoms with E-state index in [0.29, 0.717) is 13.0 Å². The van der Waals surface area contributed by atoms with Crippen molar-refractivity contribution in [3.05, 3.63) is 29.8 Å². The lowest BCUT2D eigenvalue weighted by Crippen LogP contribution is -2.19. The number of methoxy groups -OCH3 is 1. The highest BCUT2D eigenvalue weighted by atomic mass is 16.5. The molecule has 0 heterocycles. The van der Waals surface area contributed by atoms with Crippen LogP contribution in [0.15, 0.2) is 24.3 Å². The highest BCUT2D eigenvalue weighted by Gasteiger charge is 2.15. The van der Waals surface area contributed by atoms with E-state index in [1.54, 1.807) is 7.11 Å². The van der Waals surface area contributed by atoms with Crippen LogP contribution in [0, 0.1) is 5.92 Å². The van der Waals surface area contributed by atoms with Crippen molar-refractivity contribution in [2.45, 2.75) is 33.1 Å². The molecule has 0 saturated heterocycles. The molecule has 1 rings (SSSR count). The summed E-state index contributed by atoms with van der Waals surface area (Å²) in [4.78, 5) is 22.9. The molecule has 4 nitrogen and oxygen atoms in total. The Kier molecular flexibility index (Phi) is 6.77. The summed E-state index contributed by atoms with van der Waals surface area (Å²) in [6.45, 7) is 4.16. The van der Waals surface area contributed by atoms with E-state index in [9.17, 15) is 9.59 Å². The zero-order valence-corrected chi connectivity index (χ0v) is 12.3. The third kappa shape index (κ3) is 5.87. The number of carbonyl (C=O) groups is 2. The molecule has 110 valence electrons. The van der Waals surface area contributed by atoms with E-state index in [0.717, 1.165) is 17.7 Å². The van der Waals surface area contributed by atoms with Crippen molar-refractivity contribution in [1.82, 2.24) is 0 Å². The lowest BCUT2D eigenvalue weighted by atomic mass is 10.1. The Labute approximate surface area is 120 Å². The summed E-state index contributed by atoms with van der Waals surface area (Å²) >= 11 is 0. The lowest BCUT2D eigenvalue weighted by molar-refractivity contribution is -0.154. The molecule has 0 bridgehead atoms. The van der Waals surface area contributed by atoms with Crippen molar-refractivity contribution < 1.29 is 19.1 Å². The van der Waals surface area contributed by atoms with Crippen LogP contribution in [0.25, 0.3) is 0 Å². The summed E-state index contributed by atoms with van der Waals surface area (Å²) in [5, 5.41) is 0. The van der Waals surface area contributed by atoms with E-state index in [4.69, 9.17) is 9.47 Å². The molecule has 0 saturated carbocycles. The summed E-state index contributed by atoms with van der Waals surface area (Å²) in [6, 6.07) is 7.68. The van der Waals surface area contributed by atoms with Gasteiger partial charge < -0.3 is 9.47 Å². The van der Waals surface area contributed by atoms with E-state index in [1.807, 2.05) is 38.1 Å². The highest BCUT2D eigenvalue weighted by molar-refractivity contribution is 6.33. The average molecular weight is 278 g/mol. The molecule has 0 aromatic heterocycles. The number of esters is 1. The fraction of sp³-hybridized carbons (Fsp3) is 0.500. The van der Waals surface area contributed by atoms with E-state index in [1.165, 1.54) is 0 Å². The first-order chi connectivity index (χ1) is 9.52. The molecular weight excluding hydrogens is 256 g/mol. The molecule has 0 N–H and O–H groups in total. The minimum absolute atomic E-state index is 0.225. The third-order valence-corrected chi connectivity index (χ3v) is 2.80. The maximum atomic E-state index is 11.6. The van der Waals surface area contributed by atoms with Gasteiger partial charge >= 0.3 is 5.97 Å². The lowest BCUT2D eigenvalue weighted by Gasteiger charge is -2.06. The van der Waals surface area contributed by atoms with Gasteiger partial charge in [0.15, 0.2) is 0 Å². The zero-order chi connectivity index (χ0) is 15.0. The molecule has 0 atom stereocenters. The minimum atomic E-state index is -0.714. The predicted molar refractivity (Wildman–Crippen MR) is 76.7 cm³/mol. The quantitative estimate of drug-likeness (QED) is 0.542. The van der Waals surface area contributed by atoms with Crippen molar-refractivity contribution in [1.29, 1.82) is 0 Å². The number of aryl methyl sites for hydroxylation is 1. The molecular formula is C16H22O4. The second-order valence-electron chi connectivity index (χ2n) is 5.12. The number of Topliss-reactive ketones (excluding diaryl/α,β-unsaturated/α-hetero) is 1. The Bertz CT molecular complexity index is 434. The smallest absolute Gasteiger partial charge is 0.374 e. The molecule has 1 aromatic rings. The van der Waals surface area contributed by atoms with Gasteiger partial charge in [-0.3, -0.25) is 4.79 Å². The molecule has 0 aliphatic rings. The Morgan fingerprint density at radius 2 is 1.80 bits per heavy atom. The molecule has 0 fully saturated rings. The maximum absolute atomic E-state index is 11.6. The van der Waals surface area contributed by atoms with Gasteiger partial charge in [-0.15, -0.1) is 0 Å². The number of rotatable bonds is 8. The molecule has 0 unspecified atom stereocenters.